The molecule has 0 saturated carbocycles. The van der Waals surface area contributed by atoms with Crippen molar-refractivity contribution in [3.05, 3.63) is 35.5 Å². The lowest BCUT2D eigenvalue weighted by Gasteiger charge is -2.10. The quantitative estimate of drug-likeness (QED) is 0.539. The zero-order valence-electron chi connectivity index (χ0n) is 11.7. The van der Waals surface area contributed by atoms with Crippen LogP contribution in [-0.4, -0.2) is 21.8 Å². The van der Waals surface area contributed by atoms with Crippen molar-refractivity contribution in [2.45, 2.75) is 52.6 Å². The molecule has 0 amide bonds. The van der Waals surface area contributed by atoms with Crippen LogP contribution in [0.2, 0.25) is 0 Å². The highest BCUT2D eigenvalue weighted by molar-refractivity contribution is 5.80. The molecule has 0 bridgehead atoms. The molecule has 18 heavy (non-hydrogen) atoms. The van der Waals surface area contributed by atoms with Crippen molar-refractivity contribution in [1.29, 1.82) is 0 Å². The molecule has 0 aromatic carbocycles. The smallest absolute Gasteiger partial charge is 0.328 e. The van der Waals surface area contributed by atoms with Crippen LogP contribution in [0.5, 0.6) is 0 Å². The number of hydrogen-bond donors (Lipinski definition) is 2. The summed E-state index contributed by atoms with van der Waals surface area (Å²) in [5.41, 5.74) is 1.24. The molecule has 0 radical (unpaired) electrons. The van der Waals surface area contributed by atoms with Crippen molar-refractivity contribution in [3.8, 4) is 0 Å². The first-order chi connectivity index (χ1) is 8.20. The van der Waals surface area contributed by atoms with Crippen LogP contribution in [-0.2, 0) is 4.79 Å². The molecule has 0 aliphatic carbocycles. The maximum absolute atomic E-state index is 10.7. The minimum Gasteiger partial charge on any atom is -0.478 e. The van der Waals surface area contributed by atoms with E-state index in [1.807, 2.05) is 19.9 Å². The topological polar surface area (TPSA) is 57.5 Å². The Kier molecular flexibility index (Phi) is 7.29. The third-order valence-corrected chi connectivity index (χ3v) is 2.25. The van der Waals surface area contributed by atoms with Crippen molar-refractivity contribution >= 4 is 5.97 Å². The number of carboxylic acid groups (broad SMARTS) is 1. The highest BCUT2D eigenvalue weighted by Crippen LogP contribution is 2.14. The van der Waals surface area contributed by atoms with Crippen molar-refractivity contribution in [2.75, 3.05) is 0 Å². The van der Waals surface area contributed by atoms with Crippen molar-refractivity contribution in [1.82, 2.24) is 0 Å². The Bertz CT molecular complexity index is 350. The molecular formula is C15H24O3. The zero-order chi connectivity index (χ0) is 14.2. The van der Waals surface area contributed by atoms with Crippen LogP contribution in [0.1, 0.15) is 47.0 Å². The van der Waals surface area contributed by atoms with Gasteiger partial charge in [0.1, 0.15) is 0 Å². The van der Waals surface area contributed by atoms with Gasteiger partial charge >= 0.3 is 5.97 Å². The van der Waals surface area contributed by atoms with Gasteiger partial charge in [0.2, 0.25) is 0 Å². The number of carboxylic acids is 1. The highest BCUT2D eigenvalue weighted by Gasteiger charge is 2.06. The van der Waals surface area contributed by atoms with Crippen LogP contribution in [0.3, 0.4) is 0 Å². The average Bonchev–Trinajstić information content (AvgIpc) is 2.13. The summed E-state index contributed by atoms with van der Waals surface area (Å²) in [5.74, 6) is -0.918. The second-order valence-electron chi connectivity index (χ2n) is 5.22. The second kappa shape index (κ2) is 7.88. The van der Waals surface area contributed by atoms with E-state index < -0.39 is 11.6 Å². The van der Waals surface area contributed by atoms with Crippen LogP contribution in [0.25, 0.3) is 0 Å². The number of rotatable bonds is 7. The maximum atomic E-state index is 10.7. The van der Waals surface area contributed by atoms with Crippen molar-refractivity contribution in [3.63, 3.8) is 0 Å². The molecule has 3 heteroatoms. The average molecular weight is 252 g/mol. The van der Waals surface area contributed by atoms with Crippen molar-refractivity contribution < 1.29 is 15.0 Å². The summed E-state index contributed by atoms with van der Waals surface area (Å²) in [7, 11) is 0. The molecule has 0 aromatic rings. The summed E-state index contributed by atoms with van der Waals surface area (Å²) >= 11 is 0. The Morgan fingerprint density at radius 3 is 2.33 bits per heavy atom. The van der Waals surface area contributed by atoms with Crippen LogP contribution in [0, 0.1) is 0 Å². The fourth-order valence-corrected chi connectivity index (χ4v) is 1.45. The predicted octanol–water partition coefficient (Wildman–Crippen LogP) is 3.46. The normalized spacial score (nSPS) is 12.8. The molecule has 0 aliphatic heterocycles. The summed E-state index contributed by atoms with van der Waals surface area (Å²) < 4.78 is 0. The van der Waals surface area contributed by atoms with Gasteiger partial charge in [0, 0.05) is 6.08 Å². The molecule has 0 heterocycles. The lowest BCUT2D eigenvalue weighted by molar-refractivity contribution is -0.131. The molecule has 102 valence electrons. The summed E-state index contributed by atoms with van der Waals surface area (Å²) in [6.07, 6.45) is 8.99. The third-order valence-electron chi connectivity index (χ3n) is 2.25. The minimum atomic E-state index is -0.918. The Morgan fingerprint density at radius 1 is 1.28 bits per heavy atom. The monoisotopic (exact) mass is 252 g/mol. The van der Waals surface area contributed by atoms with Gasteiger partial charge < -0.3 is 10.2 Å². The predicted molar refractivity (Wildman–Crippen MR) is 74.4 cm³/mol. The zero-order valence-corrected chi connectivity index (χ0v) is 11.7. The number of aliphatic carboxylic acids is 1. The van der Waals surface area contributed by atoms with E-state index in [0.29, 0.717) is 6.42 Å². The van der Waals surface area contributed by atoms with Gasteiger partial charge in [0.15, 0.2) is 0 Å². The maximum Gasteiger partial charge on any atom is 0.328 e. The fraction of sp³-hybridized carbons (Fsp3) is 0.533. The largest absolute Gasteiger partial charge is 0.478 e. The van der Waals surface area contributed by atoms with E-state index in [-0.39, 0.29) is 0 Å². The first-order valence-electron chi connectivity index (χ1n) is 6.16. The summed E-state index contributed by atoms with van der Waals surface area (Å²) in [5, 5.41) is 18.3. The van der Waals surface area contributed by atoms with E-state index >= 15 is 0 Å². The number of aliphatic hydroxyl groups is 1. The molecule has 3 nitrogen and oxygen atoms in total. The second-order valence-corrected chi connectivity index (χ2v) is 5.22. The Morgan fingerprint density at radius 2 is 1.89 bits per heavy atom. The van der Waals surface area contributed by atoms with Gasteiger partial charge in [-0.3, -0.25) is 0 Å². The van der Waals surface area contributed by atoms with E-state index in [2.05, 4.69) is 6.08 Å². The third kappa shape index (κ3) is 11.1. The van der Waals surface area contributed by atoms with Gasteiger partial charge in [-0.15, -0.1) is 0 Å². The Labute approximate surface area is 110 Å². The SMILES string of the molecule is CC(C)=CCC/C(=C\C(=O)O)C/C=C/C(C)(C)O. The van der Waals surface area contributed by atoms with Gasteiger partial charge in [0.05, 0.1) is 5.60 Å². The van der Waals surface area contributed by atoms with Crippen LogP contribution in [0.15, 0.2) is 35.5 Å². The lowest BCUT2D eigenvalue weighted by Crippen LogP contribution is -2.13. The molecule has 0 aromatic heterocycles. The Hall–Kier alpha value is -1.35. The summed E-state index contributed by atoms with van der Waals surface area (Å²) in [6.45, 7) is 7.42. The van der Waals surface area contributed by atoms with Gasteiger partial charge in [-0.05, 0) is 47.0 Å². The van der Waals surface area contributed by atoms with Gasteiger partial charge in [-0.2, -0.15) is 0 Å². The first-order valence-corrected chi connectivity index (χ1v) is 6.16. The van der Waals surface area contributed by atoms with E-state index in [9.17, 15) is 9.90 Å². The van der Waals surface area contributed by atoms with E-state index in [4.69, 9.17) is 5.11 Å². The van der Waals surface area contributed by atoms with E-state index in [1.165, 1.54) is 11.6 Å². The molecule has 0 saturated heterocycles. The summed E-state index contributed by atoms with van der Waals surface area (Å²) in [4.78, 5) is 10.7. The van der Waals surface area contributed by atoms with Crippen LogP contribution in [0.4, 0.5) is 0 Å². The molecule has 0 atom stereocenters. The van der Waals surface area contributed by atoms with Crippen LogP contribution >= 0.6 is 0 Å². The molecule has 0 fully saturated rings. The van der Waals surface area contributed by atoms with Gasteiger partial charge in [-0.25, -0.2) is 4.79 Å². The molecule has 2 N–H and O–H groups in total. The highest BCUT2D eigenvalue weighted by atomic mass is 16.4. The Balaban J connectivity index is 4.48. The van der Waals surface area contributed by atoms with E-state index in [1.54, 1.807) is 19.9 Å². The lowest BCUT2D eigenvalue weighted by atomic mass is 10.0. The fourth-order valence-electron chi connectivity index (χ4n) is 1.45. The summed E-state index contributed by atoms with van der Waals surface area (Å²) in [6, 6.07) is 0. The molecule has 0 unspecified atom stereocenters. The van der Waals surface area contributed by atoms with Gasteiger partial charge in [0.25, 0.3) is 0 Å². The van der Waals surface area contributed by atoms with E-state index in [0.717, 1.165) is 18.4 Å². The van der Waals surface area contributed by atoms with Crippen LogP contribution < -0.4 is 0 Å². The molecule has 0 rings (SSSR count). The van der Waals surface area contributed by atoms with Gasteiger partial charge in [-0.1, -0.05) is 29.4 Å². The molecular weight excluding hydrogens is 228 g/mol. The minimum absolute atomic E-state index is 0.562. The number of allylic oxidation sites excluding steroid dienone is 4. The number of carbonyl (C=O) groups is 1. The first kappa shape index (κ1) is 16.6. The molecule has 0 spiro atoms. The number of hydrogen-bond acceptors (Lipinski definition) is 2. The standard InChI is InChI=1S/C15H24O3/c1-12(2)7-5-8-13(11-14(16)17)9-6-10-15(3,4)18/h6-7,10-11,18H,5,8-9H2,1-4H3,(H,16,17)/b10-6+,13-11+. The molecule has 0 aliphatic rings. The van der Waals surface area contributed by atoms with Crippen molar-refractivity contribution in [2.24, 2.45) is 0 Å².